The van der Waals surface area contributed by atoms with Gasteiger partial charge in [0, 0.05) is 49.2 Å². The molecule has 0 radical (unpaired) electrons. The summed E-state index contributed by atoms with van der Waals surface area (Å²) in [4.78, 5) is 20.7. The van der Waals surface area contributed by atoms with Crippen LogP contribution in [0.4, 0.5) is 11.4 Å². The Labute approximate surface area is 327 Å². The highest BCUT2D eigenvalue weighted by atomic mass is 16.3. The van der Waals surface area contributed by atoms with E-state index in [2.05, 4.69) is 104 Å². The van der Waals surface area contributed by atoms with Gasteiger partial charge < -0.3 is 8.83 Å². The monoisotopic (exact) mass is 732 g/mol. The summed E-state index contributed by atoms with van der Waals surface area (Å²) in [6, 6.07) is 53.9. The maximum atomic E-state index is 6.47. The van der Waals surface area contributed by atoms with Crippen molar-refractivity contribution in [2.75, 3.05) is 0 Å². The van der Waals surface area contributed by atoms with E-state index in [9.17, 15) is 0 Å². The Kier molecular flexibility index (Phi) is 7.44. The average Bonchev–Trinajstić information content (AvgIpc) is 3.85. The van der Waals surface area contributed by atoms with Crippen LogP contribution in [0.1, 0.15) is 12.5 Å². The fourth-order valence-electron chi connectivity index (χ4n) is 8.30. The Morgan fingerprint density at radius 3 is 1.74 bits per heavy atom. The number of hydrogen-bond donors (Lipinski definition) is 0. The van der Waals surface area contributed by atoms with Gasteiger partial charge in [0.05, 0.1) is 23.1 Å². The molecule has 0 aliphatic carbocycles. The fourth-order valence-corrected chi connectivity index (χ4v) is 8.30. The highest BCUT2D eigenvalue weighted by Crippen LogP contribution is 2.47. The van der Waals surface area contributed by atoms with Crippen molar-refractivity contribution in [2.45, 2.75) is 6.92 Å². The molecule has 0 aliphatic rings. The molecule has 0 amide bonds. The van der Waals surface area contributed by atoms with Crippen LogP contribution in [0.25, 0.3) is 99.2 Å². The molecule has 0 aliphatic heterocycles. The number of aromatic nitrogens is 2. The molecule has 0 saturated carbocycles. The third-order valence-corrected chi connectivity index (χ3v) is 11.0. The second kappa shape index (κ2) is 13.0. The van der Waals surface area contributed by atoms with Crippen molar-refractivity contribution < 1.29 is 8.83 Å². The van der Waals surface area contributed by atoms with Crippen LogP contribution in [0.3, 0.4) is 0 Å². The van der Waals surface area contributed by atoms with Crippen LogP contribution in [-0.4, -0.2) is 22.4 Å². The average molecular weight is 733 g/mol. The van der Waals surface area contributed by atoms with Crippen LogP contribution in [0.2, 0.25) is 0 Å². The second-order valence-corrected chi connectivity index (χ2v) is 14.2. The minimum Gasteiger partial charge on any atom is -0.455 e. The van der Waals surface area contributed by atoms with E-state index in [0.717, 1.165) is 93.7 Å². The third-order valence-electron chi connectivity index (χ3n) is 11.0. The van der Waals surface area contributed by atoms with E-state index in [-0.39, 0.29) is 0 Å². The Bertz CT molecular complexity index is 3430. The first-order valence-electron chi connectivity index (χ1n) is 18.9. The normalized spacial score (nSPS) is 12.1. The maximum absolute atomic E-state index is 6.47. The van der Waals surface area contributed by atoms with Gasteiger partial charge in [-0.3, -0.25) is 9.98 Å². The number of rotatable bonds is 6. The topological polar surface area (TPSA) is 76.8 Å². The summed E-state index contributed by atoms with van der Waals surface area (Å²) in [5.74, 6) is 0. The molecule has 268 valence electrons. The van der Waals surface area contributed by atoms with Gasteiger partial charge in [-0.15, -0.1) is 0 Å². The van der Waals surface area contributed by atoms with Gasteiger partial charge in [-0.25, -0.2) is 9.98 Å². The molecular weight excluding hydrogens is 701 g/mol. The van der Waals surface area contributed by atoms with Crippen molar-refractivity contribution in [3.05, 3.63) is 169 Å². The van der Waals surface area contributed by atoms with Crippen molar-refractivity contribution in [1.82, 2.24) is 9.97 Å². The third kappa shape index (κ3) is 5.19. The van der Waals surface area contributed by atoms with Gasteiger partial charge in [-0.2, -0.15) is 0 Å². The van der Waals surface area contributed by atoms with Crippen molar-refractivity contribution >= 4 is 89.5 Å². The number of furan rings is 2. The lowest BCUT2D eigenvalue weighted by Gasteiger charge is -2.17. The van der Waals surface area contributed by atoms with Gasteiger partial charge in [-0.05, 0) is 72.3 Å². The van der Waals surface area contributed by atoms with Crippen LogP contribution in [0, 0.1) is 0 Å². The number of hydrogen-bond acceptors (Lipinski definition) is 6. The molecular formula is C51H32N4O2. The molecule has 3 aromatic heterocycles. The fraction of sp³-hybridized carbons (Fsp3) is 0.0196. The van der Waals surface area contributed by atoms with E-state index >= 15 is 0 Å². The smallest absolute Gasteiger partial charge is 0.144 e. The van der Waals surface area contributed by atoms with Crippen LogP contribution in [0.15, 0.2) is 183 Å². The molecule has 8 aromatic carbocycles. The molecule has 11 rings (SSSR count). The summed E-state index contributed by atoms with van der Waals surface area (Å²) in [6.07, 6.45) is 1.83. The number of para-hydroxylation sites is 4. The van der Waals surface area contributed by atoms with Gasteiger partial charge in [0.2, 0.25) is 0 Å². The van der Waals surface area contributed by atoms with Crippen LogP contribution < -0.4 is 0 Å². The first kappa shape index (κ1) is 32.7. The first-order chi connectivity index (χ1) is 28.1. The lowest BCUT2D eigenvalue weighted by Crippen LogP contribution is -1.97. The van der Waals surface area contributed by atoms with E-state index in [1.54, 1.807) is 0 Å². The van der Waals surface area contributed by atoms with Crippen molar-refractivity contribution in [1.29, 1.82) is 0 Å². The molecule has 0 fully saturated rings. The van der Waals surface area contributed by atoms with E-state index in [4.69, 9.17) is 28.8 Å². The molecule has 0 spiro atoms. The minimum absolute atomic E-state index is 0.547. The van der Waals surface area contributed by atoms with Gasteiger partial charge in [0.1, 0.15) is 33.5 Å². The standard InChI is InChI=1S/C51H32N4O2/c1-30(33-21-13-22-36-34-19-9-11-25-44(34)56-50(33)36)54-47-42-28-40(32-17-7-4-8-18-32)39(31-15-5-3-6-16-31)27-41(42)46-49(48(47)52-2)55-43(29-53-46)38-24-14-23-37-35-20-10-12-26-45(35)57-51(37)38/h3-29H,2H2,1H3/b54-30+. The largest absolute Gasteiger partial charge is 0.455 e. The molecule has 0 atom stereocenters. The van der Waals surface area contributed by atoms with Crippen LogP contribution >= 0.6 is 0 Å². The first-order valence-corrected chi connectivity index (χ1v) is 18.9. The summed E-state index contributed by atoms with van der Waals surface area (Å²) >= 11 is 0. The lowest BCUT2D eigenvalue weighted by molar-refractivity contribution is 0.668. The van der Waals surface area contributed by atoms with E-state index in [1.807, 2.05) is 73.8 Å². The Morgan fingerprint density at radius 1 is 0.509 bits per heavy atom. The minimum atomic E-state index is 0.547. The Morgan fingerprint density at radius 2 is 1.07 bits per heavy atom. The van der Waals surface area contributed by atoms with Crippen molar-refractivity contribution in [2.24, 2.45) is 9.98 Å². The summed E-state index contributed by atoms with van der Waals surface area (Å²) in [5, 5.41) is 5.97. The maximum Gasteiger partial charge on any atom is 0.144 e. The highest BCUT2D eigenvalue weighted by molar-refractivity contribution is 6.22. The molecule has 11 aromatic rings. The number of benzene rings is 8. The number of nitrogens with zero attached hydrogens (tertiary/aromatic N) is 4. The molecule has 3 heterocycles. The second-order valence-electron chi connectivity index (χ2n) is 14.2. The Balaban J connectivity index is 1.23. The SMILES string of the molecule is C=Nc1c(/N=C(\C)c2cccc3c2oc2ccccc23)c2cc(-c3ccccc3)c(-c3ccccc3)cc2c2ncc(-c3cccc4c3oc3ccccc34)nc12. The van der Waals surface area contributed by atoms with Crippen molar-refractivity contribution in [3.63, 3.8) is 0 Å². The molecule has 57 heavy (non-hydrogen) atoms. The van der Waals surface area contributed by atoms with Gasteiger partial charge in [0.25, 0.3) is 0 Å². The van der Waals surface area contributed by atoms with Crippen LogP contribution in [-0.2, 0) is 0 Å². The molecule has 0 saturated heterocycles. The van der Waals surface area contributed by atoms with Crippen LogP contribution in [0.5, 0.6) is 0 Å². The molecule has 0 unspecified atom stereocenters. The predicted octanol–water partition coefficient (Wildman–Crippen LogP) is 14.1. The van der Waals surface area contributed by atoms with E-state index < -0.39 is 0 Å². The zero-order valence-electron chi connectivity index (χ0n) is 30.9. The summed E-state index contributed by atoms with van der Waals surface area (Å²) in [5.41, 5.74) is 13.2. The lowest BCUT2D eigenvalue weighted by atomic mass is 9.90. The predicted molar refractivity (Wildman–Crippen MR) is 235 cm³/mol. The number of fused-ring (bicyclic) bond motifs is 9. The summed E-state index contributed by atoms with van der Waals surface area (Å²) in [7, 11) is 0. The molecule has 6 nitrogen and oxygen atoms in total. The zero-order chi connectivity index (χ0) is 38.0. The molecule has 6 heteroatoms. The quantitative estimate of drug-likeness (QED) is 0.126. The van der Waals surface area contributed by atoms with Gasteiger partial charge in [0.15, 0.2) is 0 Å². The van der Waals surface area contributed by atoms with Gasteiger partial charge in [-0.1, -0.05) is 121 Å². The zero-order valence-corrected chi connectivity index (χ0v) is 30.9. The highest BCUT2D eigenvalue weighted by Gasteiger charge is 2.22. The molecule has 0 N–H and O–H groups in total. The van der Waals surface area contributed by atoms with E-state index in [1.165, 1.54) is 0 Å². The Hall–Kier alpha value is -7.70. The number of aliphatic imine (C=N–C) groups is 2. The van der Waals surface area contributed by atoms with Gasteiger partial charge >= 0.3 is 0 Å². The summed E-state index contributed by atoms with van der Waals surface area (Å²) in [6.45, 7) is 6.13. The summed E-state index contributed by atoms with van der Waals surface area (Å²) < 4.78 is 12.9. The van der Waals surface area contributed by atoms with Crippen molar-refractivity contribution in [3.8, 4) is 33.5 Å². The van der Waals surface area contributed by atoms with E-state index in [0.29, 0.717) is 28.1 Å². The molecule has 0 bridgehead atoms.